The summed E-state index contributed by atoms with van der Waals surface area (Å²) in [7, 11) is -0.737. The number of ether oxygens (including phenoxy) is 1. The van der Waals surface area contributed by atoms with Gasteiger partial charge in [0.1, 0.15) is 16.5 Å². The average Bonchev–Trinajstić information content (AvgIpc) is 2.71. The molecule has 1 atom stereocenters. The third kappa shape index (κ3) is 5.12. The Morgan fingerprint density at radius 3 is 2.76 bits per heavy atom. The molecule has 0 aliphatic carbocycles. The number of anilines is 1. The number of halogens is 3. The van der Waals surface area contributed by atoms with Crippen LogP contribution in [0.4, 0.5) is 14.5 Å². The molecule has 0 fully saturated rings. The SMILES string of the molecule is COc1c(CO)cc(Cl)cc1S(=O)Nc1ccc(F)c(C#C/C(C=N)=C/N)c1F. The van der Waals surface area contributed by atoms with Gasteiger partial charge in [-0.25, -0.2) is 13.0 Å². The molecule has 5 N–H and O–H groups in total. The van der Waals surface area contributed by atoms with Crippen LogP contribution in [-0.2, 0) is 17.6 Å². The van der Waals surface area contributed by atoms with Gasteiger partial charge in [-0.1, -0.05) is 23.4 Å². The van der Waals surface area contributed by atoms with Gasteiger partial charge in [0.25, 0.3) is 0 Å². The predicted molar refractivity (Wildman–Crippen MR) is 108 cm³/mol. The fraction of sp³-hybridized carbons (Fsp3) is 0.105. The van der Waals surface area contributed by atoms with Crippen molar-refractivity contribution in [2.45, 2.75) is 11.5 Å². The summed E-state index contributed by atoms with van der Waals surface area (Å²) >= 11 is 5.98. The zero-order valence-electron chi connectivity index (χ0n) is 15.1. The minimum absolute atomic E-state index is 0.0611. The molecule has 152 valence electrons. The topological polar surface area (TPSA) is 108 Å². The van der Waals surface area contributed by atoms with E-state index in [9.17, 15) is 18.1 Å². The van der Waals surface area contributed by atoms with Crippen molar-refractivity contribution in [1.82, 2.24) is 0 Å². The van der Waals surface area contributed by atoms with Crippen molar-refractivity contribution in [3.63, 3.8) is 0 Å². The maximum absolute atomic E-state index is 14.7. The zero-order valence-corrected chi connectivity index (χ0v) is 16.6. The fourth-order valence-electron chi connectivity index (χ4n) is 2.27. The highest BCUT2D eigenvalue weighted by atomic mass is 35.5. The summed E-state index contributed by atoms with van der Waals surface area (Å²) in [5.74, 6) is 2.74. The Kier molecular flexibility index (Phi) is 7.73. The molecule has 0 aromatic heterocycles. The van der Waals surface area contributed by atoms with Crippen molar-refractivity contribution in [2.24, 2.45) is 5.73 Å². The number of allylic oxidation sites excluding steroid dienone is 1. The van der Waals surface area contributed by atoms with E-state index in [4.69, 9.17) is 27.5 Å². The summed E-state index contributed by atoms with van der Waals surface area (Å²) in [4.78, 5) is 0.0672. The number of hydrogen-bond acceptors (Lipinski definition) is 5. The van der Waals surface area contributed by atoms with E-state index < -0.39 is 34.8 Å². The molecule has 0 saturated heterocycles. The lowest BCUT2D eigenvalue weighted by Crippen LogP contribution is -2.10. The summed E-state index contributed by atoms with van der Waals surface area (Å²) in [5.41, 5.74) is 4.74. The number of benzene rings is 2. The van der Waals surface area contributed by atoms with Gasteiger partial charge < -0.3 is 21.0 Å². The quantitative estimate of drug-likeness (QED) is 0.409. The predicted octanol–water partition coefficient (Wildman–Crippen LogP) is 3.10. The van der Waals surface area contributed by atoms with Crippen molar-refractivity contribution < 1.29 is 22.8 Å². The molecule has 1 unspecified atom stereocenters. The highest BCUT2D eigenvalue weighted by Crippen LogP contribution is 2.32. The smallest absolute Gasteiger partial charge is 0.165 e. The van der Waals surface area contributed by atoms with Crippen LogP contribution in [0.15, 0.2) is 40.9 Å². The monoisotopic (exact) mass is 439 g/mol. The van der Waals surface area contributed by atoms with Crippen LogP contribution in [0.1, 0.15) is 11.1 Å². The number of nitrogens with one attached hydrogen (secondary N) is 2. The van der Waals surface area contributed by atoms with E-state index in [2.05, 4.69) is 16.6 Å². The van der Waals surface area contributed by atoms with Gasteiger partial charge in [-0.3, -0.25) is 4.72 Å². The summed E-state index contributed by atoms with van der Waals surface area (Å²) in [5, 5.41) is 16.7. The second kappa shape index (κ2) is 10.0. The number of aliphatic hydroxyl groups excluding tert-OH is 1. The molecule has 6 nitrogen and oxygen atoms in total. The standard InChI is InChI=1S/C19H16ClF2N3O3S/c1-28-19-12(10-26)6-13(20)7-17(19)29(27)25-16-5-4-15(21)14(18(16)22)3-2-11(8-23)9-24/h4-9,23,25-26H,10,24H2,1H3/b11-9-,23-8?. The van der Waals surface area contributed by atoms with Crippen molar-refractivity contribution >= 4 is 34.5 Å². The molecule has 0 spiro atoms. The Labute approximate surface area is 173 Å². The van der Waals surface area contributed by atoms with Crippen LogP contribution in [-0.4, -0.2) is 22.6 Å². The fourth-order valence-corrected chi connectivity index (χ4v) is 3.66. The van der Waals surface area contributed by atoms with Crippen LogP contribution in [0.5, 0.6) is 5.75 Å². The molecule has 0 heterocycles. The lowest BCUT2D eigenvalue weighted by molar-refractivity contribution is 0.272. The Hall–Kier alpha value is -2.93. The summed E-state index contributed by atoms with van der Waals surface area (Å²) in [6.07, 6.45) is 1.86. The van der Waals surface area contributed by atoms with Crippen LogP contribution in [0.25, 0.3) is 0 Å². The van der Waals surface area contributed by atoms with Gasteiger partial charge in [0, 0.05) is 23.0 Å². The van der Waals surface area contributed by atoms with Crippen LogP contribution in [0, 0.1) is 28.9 Å². The first-order chi connectivity index (χ1) is 13.9. The van der Waals surface area contributed by atoms with Gasteiger partial charge in [0.05, 0.1) is 30.5 Å². The molecular weight excluding hydrogens is 424 g/mol. The van der Waals surface area contributed by atoms with E-state index in [0.29, 0.717) is 5.56 Å². The first kappa shape index (κ1) is 22.4. The Balaban J connectivity index is 2.46. The highest BCUT2D eigenvalue weighted by Gasteiger charge is 2.19. The molecule has 29 heavy (non-hydrogen) atoms. The van der Waals surface area contributed by atoms with Crippen LogP contribution in [0.3, 0.4) is 0 Å². The van der Waals surface area contributed by atoms with E-state index in [1.807, 2.05) is 0 Å². The minimum atomic E-state index is -2.06. The van der Waals surface area contributed by atoms with Gasteiger partial charge in [-0.05, 0) is 24.3 Å². The zero-order chi connectivity index (χ0) is 21.6. The third-order valence-corrected chi connectivity index (χ3v) is 4.96. The molecular formula is C19H16ClF2N3O3S. The number of rotatable bonds is 6. The Bertz CT molecular complexity index is 1060. The van der Waals surface area contributed by atoms with E-state index in [-0.39, 0.29) is 26.9 Å². The Morgan fingerprint density at radius 1 is 1.45 bits per heavy atom. The second-order valence-electron chi connectivity index (χ2n) is 5.43. The molecule has 10 heteroatoms. The lowest BCUT2D eigenvalue weighted by atomic mass is 10.1. The summed E-state index contributed by atoms with van der Waals surface area (Å²) in [6, 6.07) is 4.80. The van der Waals surface area contributed by atoms with Gasteiger partial charge in [0.2, 0.25) is 0 Å². The molecule has 0 aliphatic heterocycles. The molecule has 0 radical (unpaired) electrons. The largest absolute Gasteiger partial charge is 0.495 e. The number of hydrogen-bond donors (Lipinski definition) is 4. The summed E-state index contributed by atoms with van der Waals surface area (Å²) < 4.78 is 49.1. The molecule has 0 amide bonds. The first-order valence-electron chi connectivity index (χ1n) is 7.94. The van der Waals surface area contributed by atoms with E-state index in [1.54, 1.807) is 0 Å². The van der Waals surface area contributed by atoms with Crippen LogP contribution in [0.2, 0.25) is 5.02 Å². The van der Waals surface area contributed by atoms with Gasteiger partial charge in [0.15, 0.2) is 16.8 Å². The van der Waals surface area contributed by atoms with E-state index >= 15 is 0 Å². The molecule has 0 bridgehead atoms. The van der Waals surface area contributed by atoms with E-state index in [1.165, 1.54) is 19.2 Å². The van der Waals surface area contributed by atoms with Crippen LogP contribution < -0.4 is 15.2 Å². The molecule has 2 aromatic rings. The second-order valence-corrected chi connectivity index (χ2v) is 7.04. The Morgan fingerprint density at radius 2 is 2.17 bits per heavy atom. The molecule has 0 saturated carbocycles. The maximum Gasteiger partial charge on any atom is 0.165 e. The van der Waals surface area contributed by atoms with Crippen molar-refractivity contribution in [1.29, 1.82) is 5.41 Å². The summed E-state index contributed by atoms with van der Waals surface area (Å²) in [6.45, 7) is -0.414. The number of aliphatic hydroxyl groups is 1. The normalized spacial score (nSPS) is 12.0. The molecule has 2 rings (SSSR count). The third-order valence-electron chi connectivity index (χ3n) is 3.63. The van der Waals surface area contributed by atoms with Gasteiger partial charge in [-0.2, -0.15) is 0 Å². The van der Waals surface area contributed by atoms with Crippen LogP contribution >= 0.6 is 11.6 Å². The van der Waals surface area contributed by atoms with Crippen molar-refractivity contribution in [2.75, 3.05) is 11.8 Å². The number of methoxy groups -OCH3 is 1. The maximum atomic E-state index is 14.7. The van der Waals surface area contributed by atoms with E-state index in [0.717, 1.165) is 24.5 Å². The lowest BCUT2D eigenvalue weighted by Gasteiger charge is -2.14. The van der Waals surface area contributed by atoms with Crippen molar-refractivity contribution in [3.8, 4) is 17.6 Å². The molecule has 0 aliphatic rings. The highest BCUT2D eigenvalue weighted by molar-refractivity contribution is 7.86. The average molecular weight is 440 g/mol. The van der Waals surface area contributed by atoms with Gasteiger partial charge in [-0.15, -0.1) is 0 Å². The minimum Gasteiger partial charge on any atom is -0.495 e. The van der Waals surface area contributed by atoms with Crippen molar-refractivity contribution in [3.05, 3.63) is 63.8 Å². The van der Waals surface area contributed by atoms with Gasteiger partial charge >= 0.3 is 0 Å². The first-order valence-corrected chi connectivity index (χ1v) is 9.47. The number of nitrogens with two attached hydrogens (primary N) is 1. The molecule has 2 aromatic carbocycles.